The predicted molar refractivity (Wildman–Crippen MR) is 60.1 cm³/mol. The van der Waals surface area contributed by atoms with Crippen molar-refractivity contribution in [2.75, 3.05) is 12.5 Å². The van der Waals surface area contributed by atoms with Crippen molar-refractivity contribution < 1.29 is 0 Å². The first-order valence-electron chi connectivity index (χ1n) is 5.76. The van der Waals surface area contributed by atoms with Crippen LogP contribution in [0, 0.1) is 17.8 Å². The Labute approximate surface area is 84.8 Å². The largest absolute Gasteiger partial charge is 0.128 e. The summed E-state index contributed by atoms with van der Waals surface area (Å²) in [4.78, 5) is 0. The summed E-state index contributed by atoms with van der Waals surface area (Å²) in [7, 11) is 0.680. The molecule has 1 heteroatoms. The van der Waals surface area contributed by atoms with Gasteiger partial charge in [0.05, 0.1) is 12.5 Å². The van der Waals surface area contributed by atoms with E-state index < -0.39 is 0 Å². The molecule has 0 amide bonds. The van der Waals surface area contributed by atoms with Crippen LogP contribution >= 0.6 is 0 Å². The second-order valence-corrected chi connectivity index (χ2v) is 8.42. The molecule has 4 aliphatic carbocycles. The Kier molecular flexibility index (Phi) is 1.78. The molecule has 4 fully saturated rings. The molecule has 0 atom stereocenters. The van der Waals surface area contributed by atoms with Crippen LogP contribution in [0.15, 0.2) is 0 Å². The minimum absolute atomic E-state index is 0.680. The number of hydrogen-bond acceptors (Lipinski definition) is 0. The molecule has 0 nitrogen and oxygen atoms in total. The van der Waals surface area contributed by atoms with E-state index in [2.05, 4.69) is 12.5 Å². The molecule has 0 aliphatic heterocycles. The molecule has 0 spiro atoms. The molecular weight excluding hydrogens is 176 g/mol. The van der Waals surface area contributed by atoms with E-state index in [1.165, 1.54) is 0 Å². The van der Waals surface area contributed by atoms with Gasteiger partial charge in [-0.2, -0.15) is 0 Å². The average molecular weight is 197 g/mol. The molecular formula is C12H21S+. The third-order valence-corrected chi connectivity index (χ3v) is 7.08. The average Bonchev–Trinajstić information content (AvgIpc) is 2.00. The van der Waals surface area contributed by atoms with E-state index in [0.717, 1.165) is 22.5 Å². The van der Waals surface area contributed by atoms with E-state index in [9.17, 15) is 0 Å². The minimum Gasteiger partial charge on any atom is -0.0472 e. The van der Waals surface area contributed by atoms with Crippen LogP contribution in [0.25, 0.3) is 0 Å². The Bertz CT molecular complexity index is 184. The van der Waals surface area contributed by atoms with Gasteiger partial charge in [0, 0.05) is 19.3 Å². The van der Waals surface area contributed by atoms with Gasteiger partial charge in [0.15, 0.2) is 0 Å². The molecule has 74 valence electrons. The van der Waals surface area contributed by atoms with Crippen LogP contribution in [0.1, 0.15) is 38.5 Å². The first-order chi connectivity index (χ1) is 6.18. The van der Waals surface area contributed by atoms with E-state index >= 15 is 0 Å². The molecule has 0 radical (unpaired) electrons. The maximum atomic E-state index is 2.49. The van der Waals surface area contributed by atoms with Crippen molar-refractivity contribution in [2.24, 2.45) is 17.8 Å². The zero-order chi connectivity index (χ0) is 9.05. The lowest BCUT2D eigenvalue weighted by Crippen LogP contribution is -2.54. The minimum atomic E-state index is 0.680. The third kappa shape index (κ3) is 1.19. The molecule has 0 unspecified atom stereocenters. The zero-order valence-corrected chi connectivity index (χ0v) is 9.70. The molecule has 0 aromatic carbocycles. The van der Waals surface area contributed by atoms with Crippen LogP contribution in [0.3, 0.4) is 0 Å². The van der Waals surface area contributed by atoms with E-state index in [-0.39, 0.29) is 0 Å². The summed E-state index contributed by atoms with van der Waals surface area (Å²) >= 11 is 0. The summed E-state index contributed by atoms with van der Waals surface area (Å²) < 4.78 is 0.828. The van der Waals surface area contributed by atoms with Gasteiger partial charge in [0.1, 0.15) is 4.75 Å². The van der Waals surface area contributed by atoms with Crippen molar-refractivity contribution in [2.45, 2.75) is 43.3 Å². The topological polar surface area (TPSA) is 0 Å². The van der Waals surface area contributed by atoms with Crippen molar-refractivity contribution in [1.82, 2.24) is 0 Å². The summed E-state index contributed by atoms with van der Waals surface area (Å²) in [5.74, 6) is 3.42. The smallest absolute Gasteiger partial charge is 0.0472 e. The maximum absolute atomic E-state index is 2.49. The third-order valence-electron chi connectivity index (χ3n) is 4.85. The molecule has 4 saturated carbocycles. The highest BCUT2D eigenvalue weighted by molar-refractivity contribution is 7.96. The monoisotopic (exact) mass is 197 g/mol. The van der Waals surface area contributed by atoms with Crippen LogP contribution in [0.4, 0.5) is 0 Å². The van der Waals surface area contributed by atoms with Crippen LogP contribution in [-0.2, 0) is 10.9 Å². The molecule has 4 bridgehead atoms. The van der Waals surface area contributed by atoms with Crippen molar-refractivity contribution in [3.8, 4) is 0 Å². The van der Waals surface area contributed by atoms with Gasteiger partial charge in [-0.15, -0.1) is 0 Å². The van der Waals surface area contributed by atoms with Gasteiger partial charge in [-0.1, -0.05) is 0 Å². The second kappa shape index (κ2) is 2.68. The van der Waals surface area contributed by atoms with Crippen molar-refractivity contribution >= 4 is 10.9 Å². The standard InChI is InChI=1S/C12H21S/c1-13(2)12-6-9-3-10(7-12)5-11(4-9)8-12/h9-11H,3-8H2,1-2H3/q+1. The normalized spacial score (nSPS) is 53.3. The summed E-state index contributed by atoms with van der Waals surface area (Å²) in [6, 6.07) is 0. The second-order valence-electron chi connectivity index (χ2n) is 5.92. The highest BCUT2D eigenvalue weighted by atomic mass is 32.2. The molecule has 13 heavy (non-hydrogen) atoms. The summed E-state index contributed by atoms with van der Waals surface area (Å²) in [5, 5.41) is 0. The molecule has 0 heterocycles. The fraction of sp³-hybridized carbons (Fsp3) is 1.00. The quantitative estimate of drug-likeness (QED) is 0.567. The van der Waals surface area contributed by atoms with Gasteiger partial charge < -0.3 is 0 Å². The van der Waals surface area contributed by atoms with Gasteiger partial charge in [0.25, 0.3) is 0 Å². The van der Waals surface area contributed by atoms with Crippen LogP contribution in [-0.4, -0.2) is 17.3 Å². The van der Waals surface area contributed by atoms with Gasteiger partial charge >= 0.3 is 0 Å². The van der Waals surface area contributed by atoms with Crippen molar-refractivity contribution in [3.05, 3.63) is 0 Å². The Morgan fingerprint density at radius 3 is 1.54 bits per heavy atom. The van der Waals surface area contributed by atoms with E-state index in [1.54, 1.807) is 38.5 Å². The Hall–Kier alpha value is 0.350. The van der Waals surface area contributed by atoms with Crippen LogP contribution in [0.5, 0.6) is 0 Å². The SMILES string of the molecule is C[S+](C)C12CC3CC(CC(C3)C1)C2. The fourth-order valence-electron chi connectivity index (χ4n) is 4.53. The molecule has 0 N–H and O–H groups in total. The van der Waals surface area contributed by atoms with Gasteiger partial charge in [-0.25, -0.2) is 0 Å². The van der Waals surface area contributed by atoms with Gasteiger partial charge in [-0.05, 0) is 47.9 Å². The van der Waals surface area contributed by atoms with Crippen LogP contribution < -0.4 is 0 Å². The molecule has 4 rings (SSSR count). The molecule has 0 aromatic heterocycles. The first kappa shape index (κ1) is 8.64. The van der Waals surface area contributed by atoms with E-state index in [4.69, 9.17) is 0 Å². The molecule has 0 saturated heterocycles. The summed E-state index contributed by atoms with van der Waals surface area (Å²) in [5.41, 5.74) is 0. The van der Waals surface area contributed by atoms with Gasteiger partial charge in [0.2, 0.25) is 0 Å². The lowest BCUT2D eigenvalue weighted by molar-refractivity contribution is 0.0371. The number of hydrogen-bond donors (Lipinski definition) is 0. The van der Waals surface area contributed by atoms with E-state index in [0.29, 0.717) is 10.9 Å². The molecule has 0 aromatic rings. The first-order valence-corrected chi connectivity index (χ1v) is 7.80. The van der Waals surface area contributed by atoms with Gasteiger partial charge in [-0.3, -0.25) is 0 Å². The summed E-state index contributed by atoms with van der Waals surface area (Å²) in [6.07, 6.45) is 14.5. The molecule has 4 aliphatic rings. The van der Waals surface area contributed by atoms with Crippen molar-refractivity contribution in [1.29, 1.82) is 0 Å². The highest BCUT2D eigenvalue weighted by Crippen LogP contribution is 2.58. The van der Waals surface area contributed by atoms with Crippen LogP contribution in [0.2, 0.25) is 0 Å². The zero-order valence-electron chi connectivity index (χ0n) is 8.88. The predicted octanol–water partition coefficient (Wildman–Crippen LogP) is 2.83. The Morgan fingerprint density at radius 2 is 1.23 bits per heavy atom. The lowest BCUT2D eigenvalue weighted by Gasteiger charge is -2.54. The Morgan fingerprint density at radius 1 is 0.846 bits per heavy atom. The number of rotatable bonds is 1. The van der Waals surface area contributed by atoms with E-state index in [1.807, 2.05) is 0 Å². The Balaban J connectivity index is 1.91. The highest BCUT2D eigenvalue weighted by Gasteiger charge is 2.57. The lowest BCUT2D eigenvalue weighted by atomic mass is 9.56. The van der Waals surface area contributed by atoms with Crippen molar-refractivity contribution in [3.63, 3.8) is 0 Å². The maximum Gasteiger partial charge on any atom is 0.128 e. The summed E-state index contributed by atoms with van der Waals surface area (Å²) in [6.45, 7) is 0. The fourth-order valence-corrected chi connectivity index (χ4v) is 6.24.